The lowest BCUT2D eigenvalue weighted by Gasteiger charge is -2.10. The van der Waals surface area contributed by atoms with Crippen LogP contribution in [0.4, 0.5) is 11.4 Å². The zero-order valence-corrected chi connectivity index (χ0v) is 11.6. The molecule has 0 aliphatic heterocycles. The first kappa shape index (κ1) is 13.4. The summed E-state index contributed by atoms with van der Waals surface area (Å²) in [6, 6.07) is 10.7. The van der Waals surface area contributed by atoms with Gasteiger partial charge in [-0.2, -0.15) is 0 Å². The SMILES string of the molecule is Cc1ccc(C(=O)Nc2ccc(Cl)cc2N)c(C)c1. The van der Waals surface area contributed by atoms with Gasteiger partial charge in [-0.3, -0.25) is 4.79 Å². The van der Waals surface area contributed by atoms with Gasteiger partial charge >= 0.3 is 0 Å². The van der Waals surface area contributed by atoms with E-state index in [1.807, 2.05) is 32.0 Å². The second-order valence-electron chi connectivity index (χ2n) is 4.50. The number of nitrogen functional groups attached to an aromatic ring is 1. The Morgan fingerprint density at radius 2 is 1.89 bits per heavy atom. The van der Waals surface area contributed by atoms with Crippen molar-refractivity contribution in [3.8, 4) is 0 Å². The standard InChI is InChI=1S/C15H15ClN2O/c1-9-3-5-12(10(2)7-9)15(19)18-14-6-4-11(16)8-13(14)17/h3-8H,17H2,1-2H3,(H,18,19). The van der Waals surface area contributed by atoms with E-state index >= 15 is 0 Å². The van der Waals surface area contributed by atoms with Crippen LogP contribution in [0.25, 0.3) is 0 Å². The molecule has 4 heteroatoms. The number of aryl methyl sites for hydroxylation is 2. The first-order valence-corrected chi connectivity index (χ1v) is 6.29. The summed E-state index contributed by atoms with van der Waals surface area (Å²) in [5, 5.41) is 3.33. The molecular formula is C15H15ClN2O. The fourth-order valence-electron chi connectivity index (χ4n) is 1.91. The second kappa shape index (κ2) is 5.33. The maximum Gasteiger partial charge on any atom is 0.255 e. The molecule has 2 aromatic rings. The van der Waals surface area contributed by atoms with Crippen LogP contribution in [0.5, 0.6) is 0 Å². The molecule has 0 fully saturated rings. The predicted octanol–water partition coefficient (Wildman–Crippen LogP) is 3.79. The molecule has 0 aromatic heterocycles. The Hall–Kier alpha value is -2.00. The summed E-state index contributed by atoms with van der Waals surface area (Å²) >= 11 is 5.82. The summed E-state index contributed by atoms with van der Waals surface area (Å²) in [7, 11) is 0. The monoisotopic (exact) mass is 274 g/mol. The fourth-order valence-corrected chi connectivity index (χ4v) is 2.09. The van der Waals surface area contributed by atoms with Gasteiger partial charge in [0.25, 0.3) is 5.91 Å². The Bertz CT molecular complexity index is 638. The predicted molar refractivity (Wildman–Crippen MR) is 79.7 cm³/mol. The highest BCUT2D eigenvalue weighted by atomic mass is 35.5. The van der Waals surface area contributed by atoms with Crippen molar-refractivity contribution < 1.29 is 4.79 Å². The number of halogens is 1. The van der Waals surface area contributed by atoms with Gasteiger partial charge in [-0.1, -0.05) is 29.3 Å². The van der Waals surface area contributed by atoms with Crippen molar-refractivity contribution in [2.24, 2.45) is 0 Å². The topological polar surface area (TPSA) is 55.1 Å². The number of nitrogens with two attached hydrogens (primary N) is 1. The molecule has 19 heavy (non-hydrogen) atoms. The first-order chi connectivity index (χ1) is 8.97. The van der Waals surface area contributed by atoms with Crippen molar-refractivity contribution in [3.63, 3.8) is 0 Å². The highest BCUT2D eigenvalue weighted by molar-refractivity contribution is 6.31. The molecule has 1 amide bonds. The smallest absolute Gasteiger partial charge is 0.255 e. The van der Waals surface area contributed by atoms with Crippen molar-refractivity contribution in [1.82, 2.24) is 0 Å². The van der Waals surface area contributed by atoms with Gasteiger partial charge in [-0.25, -0.2) is 0 Å². The van der Waals surface area contributed by atoms with E-state index in [0.717, 1.165) is 11.1 Å². The molecule has 0 bridgehead atoms. The number of rotatable bonds is 2. The summed E-state index contributed by atoms with van der Waals surface area (Å²) < 4.78 is 0. The van der Waals surface area contributed by atoms with E-state index in [1.54, 1.807) is 18.2 Å². The minimum atomic E-state index is -0.175. The third kappa shape index (κ3) is 3.06. The Morgan fingerprint density at radius 3 is 2.53 bits per heavy atom. The normalized spacial score (nSPS) is 10.3. The van der Waals surface area contributed by atoms with E-state index in [1.165, 1.54) is 0 Å². The highest BCUT2D eigenvalue weighted by Crippen LogP contribution is 2.23. The Morgan fingerprint density at radius 1 is 1.16 bits per heavy atom. The summed E-state index contributed by atoms with van der Waals surface area (Å²) in [4.78, 5) is 12.2. The minimum Gasteiger partial charge on any atom is -0.397 e. The third-order valence-electron chi connectivity index (χ3n) is 2.89. The van der Waals surface area contributed by atoms with Crippen molar-refractivity contribution in [1.29, 1.82) is 0 Å². The molecule has 0 aliphatic rings. The molecular weight excluding hydrogens is 260 g/mol. The molecule has 0 spiro atoms. The molecule has 2 rings (SSSR count). The van der Waals surface area contributed by atoms with Crippen LogP contribution in [0.15, 0.2) is 36.4 Å². The molecule has 0 saturated heterocycles. The Labute approximate surface area is 117 Å². The van der Waals surface area contributed by atoms with E-state index < -0.39 is 0 Å². The summed E-state index contributed by atoms with van der Waals surface area (Å²) in [6.07, 6.45) is 0. The Balaban J connectivity index is 2.25. The molecule has 3 N–H and O–H groups in total. The lowest BCUT2D eigenvalue weighted by atomic mass is 10.1. The van der Waals surface area contributed by atoms with Crippen LogP contribution in [0, 0.1) is 13.8 Å². The van der Waals surface area contributed by atoms with E-state index in [9.17, 15) is 4.79 Å². The van der Waals surface area contributed by atoms with Crippen LogP contribution in [-0.2, 0) is 0 Å². The largest absolute Gasteiger partial charge is 0.397 e. The zero-order valence-electron chi connectivity index (χ0n) is 10.8. The minimum absolute atomic E-state index is 0.175. The van der Waals surface area contributed by atoms with Gasteiger partial charge in [-0.15, -0.1) is 0 Å². The van der Waals surface area contributed by atoms with Gasteiger partial charge < -0.3 is 11.1 Å². The van der Waals surface area contributed by atoms with Crippen molar-refractivity contribution >= 4 is 28.9 Å². The van der Waals surface area contributed by atoms with E-state index in [-0.39, 0.29) is 5.91 Å². The van der Waals surface area contributed by atoms with E-state index in [0.29, 0.717) is 22.0 Å². The van der Waals surface area contributed by atoms with Gasteiger partial charge in [-0.05, 0) is 43.7 Å². The molecule has 0 radical (unpaired) electrons. The van der Waals surface area contributed by atoms with Gasteiger partial charge in [0.1, 0.15) is 0 Å². The van der Waals surface area contributed by atoms with Crippen LogP contribution < -0.4 is 11.1 Å². The van der Waals surface area contributed by atoms with E-state index in [4.69, 9.17) is 17.3 Å². The lowest BCUT2D eigenvalue weighted by Crippen LogP contribution is -2.14. The van der Waals surface area contributed by atoms with Crippen molar-refractivity contribution in [3.05, 3.63) is 58.1 Å². The van der Waals surface area contributed by atoms with Gasteiger partial charge in [0.05, 0.1) is 11.4 Å². The van der Waals surface area contributed by atoms with E-state index in [2.05, 4.69) is 5.32 Å². The average Bonchev–Trinajstić information content (AvgIpc) is 2.32. The quantitative estimate of drug-likeness (QED) is 0.819. The summed E-state index contributed by atoms with van der Waals surface area (Å²) in [6.45, 7) is 3.90. The van der Waals surface area contributed by atoms with Gasteiger partial charge in [0.15, 0.2) is 0 Å². The number of carbonyl (C=O) groups is 1. The maximum atomic E-state index is 12.2. The number of carbonyl (C=O) groups excluding carboxylic acids is 1. The number of nitrogens with one attached hydrogen (secondary N) is 1. The van der Waals surface area contributed by atoms with Crippen LogP contribution in [0.2, 0.25) is 5.02 Å². The van der Waals surface area contributed by atoms with Crippen LogP contribution in [-0.4, -0.2) is 5.91 Å². The maximum absolute atomic E-state index is 12.2. The van der Waals surface area contributed by atoms with Crippen LogP contribution >= 0.6 is 11.6 Å². The molecule has 2 aromatic carbocycles. The third-order valence-corrected chi connectivity index (χ3v) is 3.12. The number of anilines is 2. The number of hydrogen-bond acceptors (Lipinski definition) is 2. The molecule has 0 saturated carbocycles. The molecule has 0 aliphatic carbocycles. The number of amides is 1. The lowest BCUT2D eigenvalue weighted by molar-refractivity contribution is 0.102. The summed E-state index contributed by atoms with van der Waals surface area (Å²) in [5.74, 6) is -0.175. The number of hydrogen-bond donors (Lipinski definition) is 2. The zero-order chi connectivity index (χ0) is 14.0. The van der Waals surface area contributed by atoms with Crippen molar-refractivity contribution in [2.75, 3.05) is 11.1 Å². The molecule has 0 unspecified atom stereocenters. The van der Waals surface area contributed by atoms with Crippen LogP contribution in [0.3, 0.4) is 0 Å². The molecule has 0 heterocycles. The molecule has 98 valence electrons. The van der Waals surface area contributed by atoms with Crippen LogP contribution in [0.1, 0.15) is 21.5 Å². The molecule has 3 nitrogen and oxygen atoms in total. The Kier molecular flexibility index (Phi) is 3.76. The van der Waals surface area contributed by atoms with Crippen molar-refractivity contribution in [2.45, 2.75) is 13.8 Å². The molecule has 0 atom stereocenters. The second-order valence-corrected chi connectivity index (χ2v) is 4.94. The summed E-state index contributed by atoms with van der Waals surface area (Å²) in [5.41, 5.74) is 9.52. The highest BCUT2D eigenvalue weighted by Gasteiger charge is 2.10. The first-order valence-electron chi connectivity index (χ1n) is 5.91. The number of benzene rings is 2. The van der Waals surface area contributed by atoms with Gasteiger partial charge in [0, 0.05) is 10.6 Å². The average molecular weight is 275 g/mol. The van der Waals surface area contributed by atoms with Gasteiger partial charge in [0.2, 0.25) is 0 Å². The fraction of sp³-hybridized carbons (Fsp3) is 0.133.